The number of amides is 1. The molecule has 3 rings (SSSR count). The molecule has 1 aliphatic rings. The molecule has 1 aromatic heterocycles. The molecule has 1 unspecified atom stereocenters. The Balaban J connectivity index is 1.67. The van der Waals surface area contributed by atoms with Crippen LogP contribution in [0.2, 0.25) is 0 Å². The summed E-state index contributed by atoms with van der Waals surface area (Å²) in [6.07, 6.45) is 5.36. The van der Waals surface area contributed by atoms with Gasteiger partial charge in [-0.2, -0.15) is 0 Å². The normalized spacial score (nSPS) is 16.5. The summed E-state index contributed by atoms with van der Waals surface area (Å²) in [4.78, 5) is 14.9. The Morgan fingerprint density at radius 2 is 2.08 bits per heavy atom. The number of carbonyl (C=O) groups excluding carboxylic acids is 1. The lowest BCUT2D eigenvalue weighted by molar-refractivity contribution is 0.0914. The molecule has 128 valence electrons. The van der Waals surface area contributed by atoms with Crippen LogP contribution in [0.25, 0.3) is 0 Å². The lowest BCUT2D eigenvalue weighted by atomic mass is 10.1. The third-order valence-corrected chi connectivity index (χ3v) is 4.49. The zero-order valence-electron chi connectivity index (χ0n) is 14.0. The second kappa shape index (κ2) is 8.02. The first-order valence-corrected chi connectivity index (χ1v) is 8.47. The highest BCUT2D eigenvalue weighted by molar-refractivity contribution is 5.94. The van der Waals surface area contributed by atoms with Crippen LogP contribution in [0.15, 0.2) is 47.1 Å². The van der Waals surface area contributed by atoms with Gasteiger partial charge in [-0.15, -0.1) is 0 Å². The average Bonchev–Trinajstić information content (AvgIpc) is 3.17. The second-order valence-corrected chi connectivity index (χ2v) is 6.07. The maximum atomic E-state index is 12.5. The van der Waals surface area contributed by atoms with E-state index >= 15 is 0 Å². The first kappa shape index (κ1) is 16.6. The van der Waals surface area contributed by atoms with E-state index in [-0.39, 0.29) is 11.9 Å². The van der Waals surface area contributed by atoms with Crippen LogP contribution in [-0.4, -0.2) is 37.6 Å². The van der Waals surface area contributed by atoms with Crippen molar-refractivity contribution in [1.82, 2.24) is 10.2 Å². The van der Waals surface area contributed by atoms with Crippen LogP contribution in [0, 0.1) is 0 Å². The minimum atomic E-state index is -0.0949. The van der Waals surface area contributed by atoms with Gasteiger partial charge in [0.1, 0.15) is 11.5 Å². The topological polar surface area (TPSA) is 54.7 Å². The second-order valence-electron chi connectivity index (χ2n) is 6.07. The molecule has 0 aliphatic carbocycles. The zero-order chi connectivity index (χ0) is 16.8. The summed E-state index contributed by atoms with van der Waals surface area (Å²) in [5.74, 6) is 1.49. The lowest BCUT2D eigenvalue weighted by Crippen LogP contribution is -2.40. The van der Waals surface area contributed by atoms with Gasteiger partial charge in [-0.1, -0.05) is 12.5 Å². The lowest BCUT2D eigenvalue weighted by Gasteiger charge is -2.33. The van der Waals surface area contributed by atoms with Gasteiger partial charge in [0.05, 0.1) is 19.4 Å². The van der Waals surface area contributed by atoms with Crippen LogP contribution in [0.5, 0.6) is 5.75 Å². The summed E-state index contributed by atoms with van der Waals surface area (Å²) in [5.41, 5.74) is 0.603. The van der Waals surface area contributed by atoms with E-state index in [9.17, 15) is 4.79 Å². The number of hydrogen-bond donors (Lipinski definition) is 1. The molecule has 1 fully saturated rings. The van der Waals surface area contributed by atoms with Gasteiger partial charge >= 0.3 is 0 Å². The predicted octanol–water partition coefficient (Wildman–Crippen LogP) is 3.25. The monoisotopic (exact) mass is 328 g/mol. The maximum Gasteiger partial charge on any atom is 0.251 e. The molecular formula is C19H24N2O3. The number of ether oxygens (including phenoxy) is 1. The van der Waals surface area contributed by atoms with Crippen molar-refractivity contribution in [3.05, 3.63) is 54.0 Å². The summed E-state index contributed by atoms with van der Waals surface area (Å²) >= 11 is 0. The van der Waals surface area contributed by atoms with E-state index in [0.717, 1.165) is 18.8 Å². The molecule has 5 nitrogen and oxygen atoms in total. The number of nitrogens with one attached hydrogen (secondary N) is 1. The summed E-state index contributed by atoms with van der Waals surface area (Å²) < 4.78 is 10.8. The van der Waals surface area contributed by atoms with Crippen molar-refractivity contribution in [3.63, 3.8) is 0 Å². The van der Waals surface area contributed by atoms with Crippen molar-refractivity contribution in [2.45, 2.75) is 25.3 Å². The van der Waals surface area contributed by atoms with Gasteiger partial charge in [0, 0.05) is 12.1 Å². The van der Waals surface area contributed by atoms with E-state index in [1.54, 1.807) is 25.5 Å². The minimum Gasteiger partial charge on any atom is -0.497 e. The van der Waals surface area contributed by atoms with E-state index in [2.05, 4.69) is 10.2 Å². The first-order valence-electron chi connectivity index (χ1n) is 8.47. The summed E-state index contributed by atoms with van der Waals surface area (Å²) in [5, 5.41) is 3.04. The van der Waals surface area contributed by atoms with Gasteiger partial charge in [0.25, 0.3) is 5.91 Å². The number of piperidine rings is 1. The van der Waals surface area contributed by atoms with Crippen LogP contribution in [0.3, 0.4) is 0 Å². The quantitative estimate of drug-likeness (QED) is 0.884. The Labute approximate surface area is 142 Å². The number of methoxy groups -OCH3 is 1. The fourth-order valence-corrected chi connectivity index (χ4v) is 3.18. The highest BCUT2D eigenvalue weighted by atomic mass is 16.5. The molecule has 1 atom stereocenters. The van der Waals surface area contributed by atoms with Crippen molar-refractivity contribution in [3.8, 4) is 5.75 Å². The SMILES string of the molecule is COc1cccc(C(=O)NCC(c2ccco2)N2CCCCC2)c1. The van der Waals surface area contributed by atoms with Gasteiger partial charge in [-0.3, -0.25) is 9.69 Å². The molecule has 1 saturated heterocycles. The zero-order valence-corrected chi connectivity index (χ0v) is 14.0. The molecule has 1 aromatic carbocycles. The molecule has 0 spiro atoms. The predicted molar refractivity (Wildman–Crippen MR) is 92.2 cm³/mol. The Morgan fingerprint density at radius 3 is 2.79 bits per heavy atom. The van der Waals surface area contributed by atoms with E-state index in [1.807, 2.05) is 24.3 Å². The number of furan rings is 1. The third-order valence-electron chi connectivity index (χ3n) is 4.49. The number of carbonyl (C=O) groups is 1. The van der Waals surface area contributed by atoms with Crippen molar-refractivity contribution in [2.24, 2.45) is 0 Å². The molecule has 1 N–H and O–H groups in total. The van der Waals surface area contributed by atoms with E-state index in [1.165, 1.54) is 19.3 Å². The number of rotatable bonds is 6. The van der Waals surface area contributed by atoms with Crippen LogP contribution in [0.1, 0.15) is 41.4 Å². The fourth-order valence-electron chi connectivity index (χ4n) is 3.18. The molecule has 2 aromatic rings. The fraction of sp³-hybridized carbons (Fsp3) is 0.421. The van der Waals surface area contributed by atoms with E-state index < -0.39 is 0 Å². The number of likely N-dealkylation sites (tertiary alicyclic amines) is 1. The molecule has 2 heterocycles. The molecule has 0 bridgehead atoms. The highest BCUT2D eigenvalue weighted by Crippen LogP contribution is 2.24. The van der Waals surface area contributed by atoms with Crippen molar-refractivity contribution in [1.29, 1.82) is 0 Å². The van der Waals surface area contributed by atoms with E-state index in [0.29, 0.717) is 17.9 Å². The third kappa shape index (κ3) is 3.97. The van der Waals surface area contributed by atoms with E-state index in [4.69, 9.17) is 9.15 Å². The van der Waals surface area contributed by atoms with Gasteiger partial charge in [-0.05, 0) is 56.3 Å². The van der Waals surface area contributed by atoms with Crippen molar-refractivity contribution < 1.29 is 13.9 Å². The number of hydrogen-bond acceptors (Lipinski definition) is 4. The Kier molecular flexibility index (Phi) is 5.54. The van der Waals surface area contributed by atoms with Crippen molar-refractivity contribution in [2.75, 3.05) is 26.7 Å². The Hall–Kier alpha value is -2.27. The van der Waals surface area contributed by atoms with Gasteiger partial charge in [0.15, 0.2) is 0 Å². The summed E-state index contributed by atoms with van der Waals surface area (Å²) in [7, 11) is 1.60. The summed E-state index contributed by atoms with van der Waals surface area (Å²) in [6.45, 7) is 2.62. The molecule has 1 aliphatic heterocycles. The smallest absolute Gasteiger partial charge is 0.251 e. The van der Waals surface area contributed by atoms with Crippen LogP contribution < -0.4 is 10.1 Å². The molecule has 5 heteroatoms. The molecule has 24 heavy (non-hydrogen) atoms. The summed E-state index contributed by atoms with van der Waals surface area (Å²) in [6, 6.07) is 11.2. The highest BCUT2D eigenvalue weighted by Gasteiger charge is 2.25. The molecule has 0 radical (unpaired) electrons. The average molecular weight is 328 g/mol. The van der Waals surface area contributed by atoms with Gasteiger partial charge < -0.3 is 14.5 Å². The van der Waals surface area contributed by atoms with Gasteiger partial charge in [0.2, 0.25) is 0 Å². The molecule has 1 amide bonds. The maximum absolute atomic E-state index is 12.5. The van der Waals surface area contributed by atoms with Crippen LogP contribution >= 0.6 is 0 Å². The number of benzene rings is 1. The standard InChI is InChI=1S/C19H24N2O3/c1-23-16-8-5-7-15(13-16)19(22)20-14-17(18-9-6-12-24-18)21-10-3-2-4-11-21/h5-9,12-13,17H,2-4,10-11,14H2,1H3,(H,20,22). The largest absolute Gasteiger partial charge is 0.497 e. The first-order chi connectivity index (χ1) is 11.8. The van der Waals surface area contributed by atoms with Crippen molar-refractivity contribution >= 4 is 5.91 Å². The molecule has 0 saturated carbocycles. The number of nitrogens with zero attached hydrogens (tertiary/aromatic N) is 1. The van der Waals surface area contributed by atoms with Crippen LogP contribution in [-0.2, 0) is 0 Å². The minimum absolute atomic E-state index is 0.0786. The van der Waals surface area contributed by atoms with Gasteiger partial charge in [-0.25, -0.2) is 0 Å². The Morgan fingerprint density at radius 1 is 1.25 bits per heavy atom. The van der Waals surface area contributed by atoms with Crippen LogP contribution in [0.4, 0.5) is 0 Å². The molecular weight excluding hydrogens is 304 g/mol. The Bertz CT molecular complexity index is 648.